The van der Waals surface area contributed by atoms with Gasteiger partial charge < -0.3 is 21.5 Å². The largest absolute Gasteiger partial charge is 0.382 e. The highest BCUT2D eigenvalue weighted by Crippen LogP contribution is 2.12. The number of aliphatic hydroxyl groups is 1. The van der Waals surface area contributed by atoms with Gasteiger partial charge in [-0.3, -0.25) is 4.79 Å². The Balaban J connectivity index is 2.18. The molecule has 3 atom stereocenters. The molecule has 0 radical (unpaired) electrons. The Morgan fingerprint density at radius 1 is 1.53 bits per heavy atom. The molecule has 100 valence electrons. The first-order chi connectivity index (χ1) is 8.09. The minimum absolute atomic E-state index is 0.239. The number of aliphatic hydroxyl groups excluding tert-OH is 1. The van der Waals surface area contributed by atoms with Crippen LogP contribution >= 0.6 is 0 Å². The van der Waals surface area contributed by atoms with Crippen molar-refractivity contribution in [3.8, 4) is 0 Å². The molecule has 5 heteroatoms. The lowest BCUT2D eigenvalue weighted by molar-refractivity contribution is -0.125. The number of hydrogen-bond donors (Lipinski definition) is 4. The summed E-state index contributed by atoms with van der Waals surface area (Å²) in [4.78, 5) is 10.7. The quantitative estimate of drug-likeness (QED) is 0.517. The molecule has 1 aliphatic heterocycles. The minimum atomic E-state index is -1.08. The highest BCUT2D eigenvalue weighted by atomic mass is 16.3. The molecule has 1 amide bonds. The van der Waals surface area contributed by atoms with E-state index >= 15 is 0 Å². The predicted octanol–water partition coefficient (Wildman–Crippen LogP) is -0.267. The average molecular weight is 243 g/mol. The SMILES string of the molecule is CC(CC1CCCCCN1)NCC(O)C(N)=O. The van der Waals surface area contributed by atoms with Gasteiger partial charge in [-0.25, -0.2) is 0 Å². The Bertz CT molecular complexity index is 228. The van der Waals surface area contributed by atoms with Gasteiger partial charge in [0.2, 0.25) is 5.91 Å². The van der Waals surface area contributed by atoms with Crippen LogP contribution in [0.15, 0.2) is 0 Å². The summed E-state index contributed by atoms with van der Waals surface area (Å²) in [6.45, 7) is 3.41. The van der Waals surface area contributed by atoms with Crippen molar-refractivity contribution in [2.24, 2.45) is 5.73 Å². The molecule has 5 N–H and O–H groups in total. The summed E-state index contributed by atoms with van der Waals surface area (Å²) in [6.07, 6.45) is 5.01. The van der Waals surface area contributed by atoms with E-state index in [1.807, 2.05) is 0 Å². The number of primary amides is 1. The molecule has 0 aromatic rings. The fraction of sp³-hybridized carbons (Fsp3) is 0.917. The van der Waals surface area contributed by atoms with Gasteiger partial charge in [0.1, 0.15) is 6.10 Å². The molecule has 1 heterocycles. The first-order valence-electron chi connectivity index (χ1n) is 6.53. The van der Waals surface area contributed by atoms with Crippen LogP contribution in [0.25, 0.3) is 0 Å². The normalized spacial score (nSPS) is 24.9. The van der Waals surface area contributed by atoms with E-state index in [-0.39, 0.29) is 12.6 Å². The maximum atomic E-state index is 10.7. The van der Waals surface area contributed by atoms with Crippen molar-refractivity contribution in [3.05, 3.63) is 0 Å². The summed E-state index contributed by atoms with van der Waals surface area (Å²) in [5, 5.41) is 15.9. The monoisotopic (exact) mass is 243 g/mol. The number of amides is 1. The molecule has 0 saturated carbocycles. The number of carbonyl (C=O) groups excluding carboxylic acids is 1. The molecule has 0 bridgehead atoms. The van der Waals surface area contributed by atoms with Gasteiger partial charge in [0, 0.05) is 18.6 Å². The van der Waals surface area contributed by atoms with Crippen LogP contribution in [-0.4, -0.2) is 42.3 Å². The molecule has 1 rings (SSSR count). The van der Waals surface area contributed by atoms with Crippen molar-refractivity contribution >= 4 is 5.91 Å². The molecule has 3 unspecified atom stereocenters. The lowest BCUT2D eigenvalue weighted by Gasteiger charge is -2.22. The molecule has 0 spiro atoms. The van der Waals surface area contributed by atoms with Gasteiger partial charge in [0.25, 0.3) is 0 Å². The van der Waals surface area contributed by atoms with Crippen LogP contribution in [0.4, 0.5) is 0 Å². The van der Waals surface area contributed by atoms with Crippen LogP contribution in [-0.2, 0) is 4.79 Å². The zero-order chi connectivity index (χ0) is 12.7. The van der Waals surface area contributed by atoms with E-state index in [9.17, 15) is 9.90 Å². The van der Waals surface area contributed by atoms with Crippen LogP contribution < -0.4 is 16.4 Å². The molecule has 0 aliphatic carbocycles. The number of rotatable bonds is 6. The second kappa shape index (κ2) is 7.63. The predicted molar refractivity (Wildman–Crippen MR) is 67.5 cm³/mol. The molecule has 1 saturated heterocycles. The third kappa shape index (κ3) is 6.00. The van der Waals surface area contributed by atoms with E-state index in [4.69, 9.17) is 5.73 Å². The summed E-state index contributed by atoms with van der Waals surface area (Å²) in [6, 6.07) is 0.824. The third-order valence-corrected chi connectivity index (χ3v) is 3.29. The van der Waals surface area contributed by atoms with Crippen molar-refractivity contribution < 1.29 is 9.90 Å². The van der Waals surface area contributed by atoms with Gasteiger partial charge in [-0.2, -0.15) is 0 Å². The Hall–Kier alpha value is -0.650. The topological polar surface area (TPSA) is 87.4 Å². The lowest BCUT2D eigenvalue weighted by Crippen LogP contribution is -2.43. The van der Waals surface area contributed by atoms with Gasteiger partial charge in [-0.15, -0.1) is 0 Å². The van der Waals surface area contributed by atoms with Gasteiger partial charge in [0.05, 0.1) is 0 Å². The van der Waals surface area contributed by atoms with Crippen molar-refractivity contribution in [1.82, 2.24) is 10.6 Å². The van der Waals surface area contributed by atoms with Crippen LogP contribution in [0.1, 0.15) is 39.0 Å². The van der Waals surface area contributed by atoms with E-state index in [0.717, 1.165) is 13.0 Å². The summed E-state index contributed by atoms with van der Waals surface area (Å²) in [5.41, 5.74) is 4.99. The zero-order valence-corrected chi connectivity index (χ0v) is 10.6. The highest BCUT2D eigenvalue weighted by molar-refractivity contribution is 5.78. The zero-order valence-electron chi connectivity index (χ0n) is 10.6. The van der Waals surface area contributed by atoms with Gasteiger partial charge in [0.15, 0.2) is 0 Å². The molecule has 1 fully saturated rings. The number of nitrogens with two attached hydrogens (primary N) is 1. The summed E-state index contributed by atoms with van der Waals surface area (Å²) in [7, 11) is 0. The van der Waals surface area contributed by atoms with Crippen molar-refractivity contribution in [1.29, 1.82) is 0 Å². The molecule has 0 aromatic heterocycles. The Morgan fingerprint density at radius 3 is 3.00 bits per heavy atom. The molecule has 5 nitrogen and oxygen atoms in total. The first kappa shape index (κ1) is 14.4. The van der Waals surface area contributed by atoms with E-state index in [0.29, 0.717) is 6.04 Å². The summed E-state index contributed by atoms with van der Waals surface area (Å²) < 4.78 is 0. The second-order valence-electron chi connectivity index (χ2n) is 4.96. The number of carbonyl (C=O) groups is 1. The molecule has 17 heavy (non-hydrogen) atoms. The molecular formula is C12H25N3O2. The summed E-state index contributed by atoms with van der Waals surface area (Å²) in [5.74, 6) is -0.669. The molecule has 0 aromatic carbocycles. The van der Waals surface area contributed by atoms with Crippen molar-refractivity contribution in [2.45, 2.75) is 57.2 Å². The molecular weight excluding hydrogens is 218 g/mol. The van der Waals surface area contributed by atoms with E-state index in [1.165, 1.54) is 25.7 Å². The fourth-order valence-electron chi connectivity index (χ4n) is 2.23. The fourth-order valence-corrected chi connectivity index (χ4v) is 2.23. The van der Waals surface area contributed by atoms with Crippen LogP contribution in [0.3, 0.4) is 0 Å². The van der Waals surface area contributed by atoms with Gasteiger partial charge >= 0.3 is 0 Å². The van der Waals surface area contributed by atoms with Crippen LogP contribution in [0, 0.1) is 0 Å². The highest BCUT2D eigenvalue weighted by Gasteiger charge is 2.16. The summed E-state index contributed by atoms with van der Waals surface area (Å²) >= 11 is 0. The minimum Gasteiger partial charge on any atom is -0.382 e. The van der Waals surface area contributed by atoms with E-state index in [2.05, 4.69) is 17.6 Å². The Kier molecular flexibility index (Phi) is 6.47. The Labute approximate surface area is 103 Å². The third-order valence-electron chi connectivity index (χ3n) is 3.29. The van der Waals surface area contributed by atoms with Gasteiger partial charge in [-0.05, 0) is 32.7 Å². The lowest BCUT2D eigenvalue weighted by atomic mass is 10.0. The van der Waals surface area contributed by atoms with Crippen LogP contribution in [0.2, 0.25) is 0 Å². The van der Waals surface area contributed by atoms with E-state index in [1.54, 1.807) is 0 Å². The average Bonchev–Trinajstić information content (AvgIpc) is 2.54. The second-order valence-corrected chi connectivity index (χ2v) is 4.96. The molecule has 1 aliphatic rings. The number of hydrogen-bond acceptors (Lipinski definition) is 4. The maximum Gasteiger partial charge on any atom is 0.247 e. The van der Waals surface area contributed by atoms with E-state index < -0.39 is 12.0 Å². The maximum absolute atomic E-state index is 10.7. The smallest absolute Gasteiger partial charge is 0.247 e. The van der Waals surface area contributed by atoms with Crippen LogP contribution in [0.5, 0.6) is 0 Å². The number of nitrogens with one attached hydrogen (secondary N) is 2. The van der Waals surface area contributed by atoms with Crippen molar-refractivity contribution in [3.63, 3.8) is 0 Å². The Morgan fingerprint density at radius 2 is 2.29 bits per heavy atom. The van der Waals surface area contributed by atoms with Gasteiger partial charge in [-0.1, -0.05) is 12.8 Å². The van der Waals surface area contributed by atoms with Crippen molar-refractivity contribution in [2.75, 3.05) is 13.1 Å². The first-order valence-corrected chi connectivity index (χ1v) is 6.53. The standard InChI is InChI=1S/C12H25N3O2/c1-9(15-8-11(16)12(13)17)7-10-5-3-2-4-6-14-10/h9-11,14-16H,2-8H2,1H3,(H2,13,17).